The van der Waals surface area contributed by atoms with Gasteiger partial charge in [0.2, 0.25) is 5.91 Å². The normalized spacial score (nSPS) is 23.9. The third-order valence-electron chi connectivity index (χ3n) is 5.43. The van der Waals surface area contributed by atoms with Crippen molar-refractivity contribution >= 4 is 5.91 Å². The maximum absolute atomic E-state index is 12.7. The van der Waals surface area contributed by atoms with Crippen LogP contribution in [-0.2, 0) is 11.3 Å². The summed E-state index contributed by atoms with van der Waals surface area (Å²) in [5.41, 5.74) is 2.69. The smallest absolute Gasteiger partial charge is 0.225 e. The van der Waals surface area contributed by atoms with Crippen molar-refractivity contribution in [1.29, 1.82) is 0 Å². The van der Waals surface area contributed by atoms with Crippen LogP contribution >= 0.6 is 0 Å². The molecule has 0 N–H and O–H groups in total. The molecule has 1 aromatic carbocycles. The van der Waals surface area contributed by atoms with E-state index in [-0.39, 0.29) is 5.92 Å². The molecule has 0 bridgehead atoms. The number of aryl methyl sites for hydroxylation is 1. The minimum absolute atomic E-state index is 0.259. The van der Waals surface area contributed by atoms with Gasteiger partial charge < -0.3 is 4.90 Å². The fourth-order valence-electron chi connectivity index (χ4n) is 3.94. The van der Waals surface area contributed by atoms with E-state index >= 15 is 0 Å². The molecule has 1 amide bonds. The first-order valence-corrected chi connectivity index (χ1v) is 9.18. The number of likely N-dealkylation sites (tertiary alicyclic amines) is 2. The summed E-state index contributed by atoms with van der Waals surface area (Å²) < 4.78 is 0. The molecule has 2 aliphatic rings. The van der Waals surface area contributed by atoms with Crippen molar-refractivity contribution < 1.29 is 4.79 Å². The van der Waals surface area contributed by atoms with Crippen LogP contribution < -0.4 is 0 Å². The highest BCUT2D eigenvalue weighted by molar-refractivity contribution is 5.79. The lowest BCUT2D eigenvalue weighted by Gasteiger charge is -2.37. The molecule has 0 aromatic heterocycles. The molecule has 2 heterocycles. The van der Waals surface area contributed by atoms with Gasteiger partial charge in [-0.3, -0.25) is 9.69 Å². The van der Waals surface area contributed by atoms with Gasteiger partial charge >= 0.3 is 0 Å². The number of benzene rings is 1. The quantitative estimate of drug-likeness (QED) is 0.853. The summed E-state index contributed by atoms with van der Waals surface area (Å²) in [6.07, 6.45) is 4.50. The second-order valence-electron chi connectivity index (χ2n) is 7.57. The molecule has 23 heavy (non-hydrogen) atoms. The Morgan fingerprint density at radius 2 is 1.78 bits per heavy atom. The van der Waals surface area contributed by atoms with Crippen molar-refractivity contribution in [2.24, 2.45) is 11.8 Å². The van der Waals surface area contributed by atoms with Crippen molar-refractivity contribution in [3.8, 4) is 0 Å². The second kappa shape index (κ2) is 7.48. The third kappa shape index (κ3) is 4.35. The molecule has 126 valence electrons. The molecular formula is C20H30N2O. The van der Waals surface area contributed by atoms with E-state index in [1.165, 1.54) is 24.0 Å². The molecule has 3 heteroatoms. The molecule has 0 radical (unpaired) electrons. The van der Waals surface area contributed by atoms with Gasteiger partial charge in [-0.15, -0.1) is 0 Å². The van der Waals surface area contributed by atoms with E-state index in [0.29, 0.717) is 11.8 Å². The average Bonchev–Trinajstić information content (AvgIpc) is 2.57. The predicted octanol–water partition coefficient (Wildman–Crippen LogP) is 3.47. The van der Waals surface area contributed by atoms with Gasteiger partial charge in [-0.1, -0.05) is 36.8 Å². The van der Waals surface area contributed by atoms with Crippen LogP contribution in [0.2, 0.25) is 0 Å². The van der Waals surface area contributed by atoms with Crippen LogP contribution in [0, 0.1) is 18.8 Å². The Morgan fingerprint density at radius 3 is 2.43 bits per heavy atom. The van der Waals surface area contributed by atoms with Gasteiger partial charge in [0.25, 0.3) is 0 Å². The van der Waals surface area contributed by atoms with Gasteiger partial charge in [-0.05, 0) is 57.2 Å². The minimum Gasteiger partial charge on any atom is -0.342 e. The Bertz CT molecular complexity index is 517. The topological polar surface area (TPSA) is 23.6 Å². The molecule has 2 aliphatic heterocycles. The van der Waals surface area contributed by atoms with Crippen LogP contribution in [-0.4, -0.2) is 41.9 Å². The number of rotatable bonds is 3. The number of piperidine rings is 2. The van der Waals surface area contributed by atoms with Gasteiger partial charge in [-0.25, -0.2) is 0 Å². The molecule has 0 saturated carbocycles. The summed E-state index contributed by atoms with van der Waals surface area (Å²) in [5, 5.41) is 0. The maximum atomic E-state index is 12.7. The van der Waals surface area contributed by atoms with E-state index in [2.05, 4.69) is 47.9 Å². The number of hydrogen-bond donors (Lipinski definition) is 0. The largest absolute Gasteiger partial charge is 0.342 e. The number of hydrogen-bond acceptors (Lipinski definition) is 2. The van der Waals surface area contributed by atoms with Crippen molar-refractivity contribution in [3.63, 3.8) is 0 Å². The number of carbonyl (C=O) groups is 1. The second-order valence-corrected chi connectivity index (χ2v) is 7.57. The predicted molar refractivity (Wildman–Crippen MR) is 94.2 cm³/mol. The van der Waals surface area contributed by atoms with Crippen molar-refractivity contribution in [2.45, 2.75) is 46.1 Å². The highest BCUT2D eigenvalue weighted by Gasteiger charge is 2.30. The molecule has 0 spiro atoms. The Balaban J connectivity index is 1.48. The zero-order valence-corrected chi connectivity index (χ0v) is 14.6. The summed E-state index contributed by atoms with van der Waals surface area (Å²) in [7, 11) is 0. The summed E-state index contributed by atoms with van der Waals surface area (Å²) in [4.78, 5) is 17.3. The first-order valence-electron chi connectivity index (χ1n) is 9.18. The van der Waals surface area contributed by atoms with Crippen LogP contribution in [0.3, 0.4) is 0 Å². The van der Waals surface area contributed by atoms with E-state index < -0.39 is 0 Å². The molecular weight excluding hydrogens is 284 g/mol. The zero-order chi connectivity index (χ0) is 16.2. The lowest BCUT2D eigenvalue weighted by atomic mass is 9.92. The highest BCUT2D eigenvalue weighted by atomic mass is 16.2. The van der Waals surface area contributed by atoms with E-state index in [4.69, 9.17) is 0 Å². The Kier molecular flexibility index (Phi) is 5.37. The lowest BCUT2D eigenvalue weighted by Crippen LogP contribution is -2.45. The van der Waals surface area contributed by atoms with Crippen molar-refractivity contribution in [2.75, 3.05) is 26.2 Å². The van der Waals surface area contributed by atoms with Crippen LogP contribution in [0.5, 0.6) is 0 Å². The number of nitrogens with zero attached hydrogens (tertiary/aromatic N) is 2. The maximum Gasteiger partial charge on any atom is 0.225 e. The monoisotopic (exact) mass is 314 g/mol. The van der Waals surface area contributed by atoms with Crippen LogP contribution in [0.4, 0.5) is 0 Å². The van der Waals surface area contributed by atoms with Gasteiger partial charge in [0.15, 0.2) is 0 Å². The van der Waals surface area contributed by atoms with Gasteiger partial charge in [0, 0.05) is 25.6 Å². The van der Waals surface area contributed by atoms with Crippen molar-refractivity contribution in [1.82, 2.24) is 9.80 Å². The average molecular weight is 314 g/mol. The molecule has 1 aromatic rings. The SMILES string of the molecule is Cc1ccc(CN2CCC(C(=O)N3CCCC(C)C3)CC2)cc1. The van der Waals surface area contributed by atoms with Crippen LogP contribution in [0.25, 0.3) is 0 Å². The fraction of sp³-hybridized carbons (Fsp3) is 0.650. The van der Waals surface area contributed by atoms with Crippen LogP contribution in [0.15, 0.2) is 24.3 Å². The van der Waals surface area contributed by atoms with E-state index in [9.17, 15) is 4.79 Å². The van der Waals surface area contributed by atoms with E-state index in [1.54, 1.807) is 0 Å². The van der Waals surface area contributed by atoms with E-state index in [1.807, 2.05) is 0 Å². The summed E-state index contributed by atoms with van der Waals surface area (Å²) >= 11 is 0. The van der Waals surface area contributed by atoms with Gasteiger partial charge in [0.1, 0.15) is 0 Å². The number of amides is 1. The minimum atomic E-state index is 0.259. The van der Waals surface area contributed by atoms with Gasteiger partial charge in [0.05, 0.1) is 0 Å². The molecule has 3 nitrogen and oxygen atoms in total. The van der Waals surface area contributed by atoms with E-state index in [0.717, 1.165) is 45.6 Å². The molecule has 1 atom stereocenters. The number of carbonyl (C=O) groups excluding carboxylic acids is 1. The molecule has 3 rings (SSSR count). The van der Waals surface area contributed by atoms with Crippen LogP contribution in [0.1, 0.15) is 43.7 Å². The Hall–Kier alpha value is -1.35. The third-order valence-corrected chi connectivity index (χ3v) is 5.43. The first kappa shape index (κ1) is 16.5. The standard InChI is InChI=1S/C20H30N2O/c1-16-5-7-18(8-6-16)15-21-12-9-19(10-13-21)20(23)22-11-3-4-17(2)14-22/h5-8,17,19H,3-4,9-15H2,1-2H3. The summed E-state index contributed by atoms with van der Waals surface area (Å²) in [6, 6.07) is 8.82. The molecule has 2 fully saturated rings. The molecule has 1 unspecified atom stereocenters. The van der Waals surface area contributed by atoms with Crippen molar-refractivity contribution in [3.05, 3.63) is 35.4 Å². The summed E-state index contributed by atoms with van der Waals surface area (Å²) in [5.74, 6) is 1.36. The Labute approximate surface area is 140 Å². The first-order chi connectivity index (χ1) is 11.1. The Morgan fingerprint density at radius 1 is 1.09 bits per heavy atom. The molecule has 2 saturated heterocycles. The molecule has 0 aliphatic carbocycles. The lowest BCUT2D eigenvalue weighted by molar-refractivity contribution is -0.138. The summed E-state index contributed by atoms with van der Waals surface area (Å²) in [6.45, 7) is 9.46. The highest BCUT2D eigenvalue weighted by Crippen LogP contribution is 2.24. The fourth-order valence-corrected chi connectivity index (χ4v) is 3.94. The zero-order valence-electron chi connectivity index (χ0n) is 14.6. The van der Waals surface area contributed by atoms with Gasteiger partial charge in [-0.2, -0.15) is 0 Å².